The first-order valence-corrected chi connectivity index (χ1v) is 6.88. The van der Waals surface area contributed by atoms with Gasteiger partial charge in [-0.15, -0.1) is 0 Å². The molecule has 1 fully saturated rings. The van der Waals surface area contributed by atoms with E-state index in [0.29, 0.717) is 0 Å². The summed E-state index contributed by atoms with van der Waals surface area (Å²) < 4.78 is 0. The maximum Gasteiger partial charge on any atom is -0.0386 e. The van der Waals surface area contributed by atoms with Crippen LogP contribution in [0.25, 0.3) is 0 Å². The van der Waals surface area contributed by atoms with Gasteiger partial charge < -0.3 is 0 Å². The molecule has 1 rings (SSSR count). The maximum atomic E-state index is 2.31. The first-order valence-electron chi connectivity index (χ1n) is 6.88. The Labute approximate surface area is 90.5 Å². The van der Waals surface area contributed by atoms with Crippen LogP contribution in [-0.4, -0.2) is 0 Å². The SMILES string of the molecule is CCCCCC1CCC1CCCCC. The molecule has 0 aliphatic heterocycles. The monoisotopic (exact) mass is 196 g/mol. The van der Waals surface area contributed by atoms with Crippen LogP contribution in [-0.2, 0) is 0 Å². The van der Waals surface area contributed by atoms with Crippen LogP contribution in [0.4, 0.5) is 0 Å². The normalized spacial score (nSPS) is 26.1. The average Bonchev–Trinajstić information content (AvgIpc) is 2.17. The number of hydrogen-bond acceptors (Lipinski definition) is 0. The first-order chi connectivity index (χ1) is 6.88. The topological polar surface area (TPSA) is 0 Å². The Bertz CT molecular complexity index is 112. The summed E-state index contributed by atoms with van der Waals surface area (Å²) in [5.41, 5.74) is 0. The van der Waals surface area contributed by atoms with Crippen molar-refractivity contribution in [3.05, 3.63) is 0 Å². The van der Waals surface area contributed by atoms with Crippen molar-refractivity contribution in [2.45, 2.75) is 78.1 Å². The first kappa shape index (κ1) is 12.1. The fraction of sp³-hybridized carbons (Fsp3) is 1.00. The molecule has 0 radical (unpaired) electrons. The van der Waals surface area contributed by atoms with Crippen LogP contribution in [0, 0.1) is 11.8 Å². The highest BCUT2D eigenvalue weighted by molar-refractivity contribution is 4.80. The van der Waals surface area contributed by atoms with Gasteiger partial charge in [-0.05, 0) is 24.7 Å². The molecule has 0 spiro atoms. The average molecular weight is 196 g/mol. The van der Waals surface area contributed by atoms with Gasteiger partial charge in [0.1, 0.15) is 0 Å². The summed E-state index contributed by atoms with van der Waals surface area (Å²) >= 11 is 0. The van der Waals surface area contributed by atoms with Crippen LogP contribution in [0.5, 0.6) is 0 Å². The van der Waals surface area contributed by atoms with Crippen molar-refractivity contribution >= 4 is 0 Å². The van der Waals surface area contributed by atoms with E-state index in [-0.39, 0.29) is 0 Å². The van der Waals surface area contributed by atoms with Crippen molar-refractivity contribution in [1.82, 2.24) is 0 Å². The third kappa shape index (κ3) is 4.02. The Kier molecular flexibility index (Phi) is 6.31. The molecule has 0 N–H and O–H groups in total. The second-order valence-electron chi connectivity index (χ2n) is 5.09. The Morgan fingerprint density at radius 1 is 0.714 bits per heavy atom. The molecule has 14 heavy (non-hydrogen) atoms. The van der Waals surface area contributed by atoms with Gasteiger partial charge in [0.2, 0.25) is 0 Å². The van der Waals surface area contributed by atoms with E-state index in [1.54, 1.807) is 12.8 Å². The zero-order chi connectivity index (χ0) is 10.2. The van der Waals surface area contributed by atoms with Crippen molar-refractivity contribution in [2.75, 3.05) is 0 Å². The molecule has 2 unspecified atom stereocenters. The summed E-state index contributed by atoms with van der Waals surface area (Å²) in [5, 5.41) is 0. The minimum Gasteiger partial charge on any atom is -0.0654 e. The molecular weight excluding hydrogens is 168 g/mol. The van der Waals surface area contributed by atoms with Crippen LogP contribution in [0.2, 0.25) is 0 Å². The highest BCUT2D eigenvalue weighted by Crippen LogP contribution is 2.41. The Morgan fingerprint density at radius 2 is 1.14 bits per heavy atom. The molecule has 1 saturated carbocycles. The summed E-state index contributed by atoms with van der Waals surface area (Å²) in [7, 11) is 0. The van der Waals surface area contributed by atoms with Gasteiger partial charge >= 0.3 is 0 Å². The van der Waals surface area contributed by atoms with Crippen molar-refractivity contribution in [3.63, 3.8) is 0 Å². The maximum absolute atomic E-state index is 2.31. The van der Waals surface area contributed by atoms with Gasteiger partial charge in [-0.1, -0.05) is 65.2 Å². The molecule has 0 amide bonds. The van der Waals surface area contributed by atoms with Crippen molar-refractivity contribution < 1.29 is 0 Å². The zero-order valence-corrected chi connectivity index (χ0v) is 10.2. The van der Waals surface area contributed by atoms with E-state index in [2.05, 4.69) is 13.8 Å². The molecule has 0 heterocycles. The molecule has 0 heteroatoms. The van der Waals surface area contributed by atoms with Crippen molar-refractivity contribution in [1.29, 1.82) is 0 Å². The van der Waals surface area contributed by atoms with E-state index in [1.165, 1.54) is 51.4 Å². The van der Waals surface area contributed by atoms with Crippen LogP contribution < -0.4 is 0 Å². The van der Waals surface area contributed by atoms with Crippen LogP contribution in [0.3, 0.4) is 0 Å². The fourth-order valence-corrected chi connectivity index (χ4v) is 2.71. The summed E-state index contributed by atoms with van der Waals surface area (Å²) in [6.45, 7) is 4.61. The summed E-state index contributed by atoms with van der Waals surface area (Å²) in [6.07, 6.45) is 14.8. The molecule has 0 aromatic carbocycles. The Morgan fingerprint density at radius 3 is 1.43 bits per heavy atom. The molecule has 0 bridgehead atoms. The molecule has 1 aliphatic carbocycles. The molecule has 0 aromatic heterocycles. The molecular formula is C14H28. The minimum absolute atomic E-state index is 1.12. The molecule has 0 saturated heterocycles. The highest BCUT2D eigenvalue weighted by Gasteiger charge is 2.28. The van der Waals surface area contributed by atoms with E-state index in [0.717, 1.165) is 11.8 Å². The second kappa shape index (κ2) is 7.31. The number of rotatable bonds is 8. The smallest absolute Gasteiger partial charge is 0.0386 e. The van der Waals surface area contributed by atoms with Gasteiger partial charge in [0.05, 0.1) is 0 Å². The quantitative estimate of drug-likeness (QED) is 0.470. The van der Waals surface area contributed by atoms with Crippen LogP contribution in [0.15, 0.2) is 0 Å². The zero-order valence-electron chi connectivity index (χ0n) is 10.2. The summed E-state index contributed by atoms with van der Waals surface area (Å²) in [4.78, 5) is 0. The molecule has 84 valence electrons. The van der Waals surface area contributed by atoms with E-state index in [1.807, 2.05) is 0 Å². The van der Waals surface area contributed by atoms with Gasteiger partial charge in [-0.25, -0.2) is 0 Å². The van der Waals surface area contributed by atoms with E-state index in [4.69, 9.17) is 0 Å². The minimum atomic E-state index is 1.12. The summed E-state index contributed by atoms with van der Waals surface area (Å²) in [6, 6.07) is 0. The standard InChI is InChI=1S/C14H28/c1-3-5-7-9-13-11-12-14(13)10-8-6-4-2/h13-14H,3-12H2,1-2H3. The van der Waals surface area contributed by atoms with Gasteiger partial charge in [0.15, 0.2) is 0 Å². The van der Waals surface area contributed by atoms with Crippen molar-refractivity contribution in [2.24, 2.45) is 11.8 Å². The van der Waals surface area contributed by atoms with Gasteiger partial charge in [-0.3, -0.25) is 0 Å². The summed E-state index contributed by atoms with van der Waals surface area (Å²) in [5.74, 6) is 2.25. The van der Waals surface area contributed by atoms with Crippen molar-refractivity contribution in [3.8, 4) is 0 Å². The largest absolute Gasteiger partial charge is 0.0654 e. The number of hydrogen-bond donors (Lipinski definition) is 0. The van der Waals surface area contributed by atoms with E-state index >= 15 is 0 Å². The van der Waals surface area contributed by atoms with Crippen LogP contribution >= 0.6 is 0 Å². The third-order valence-electron chi connectivity index (χ3n) is 3.93. The fourth-order valence-electron chi connectivity index (χ4n) is 2.71. The second-order valence-corrected chi connectivity index (χ2v) is 5.09. The Hall–Kier alpha value is 0. The third-order valence-corrected chi connectivity index (χ3v) is 3.93. The lowest BCUT2D eigenvalue weighted by Crippen LogP contribution is -2.25. The highest BCUT2D eigenvalue weighted by atomic mass is 14.3. The lowest BCUT2D eigenvalue weighted by molar-refractivity contribution is 0.145. The number of unbranched alkanes of at least 4 members (excludes halogenated alkanes) is 4. The predicted molar refractivity (Wildman–Crippen MR) is 64.5 cm³/mol. The van der Waals surface area contributed by atoms with Gasteiger partial charge in [0.25, 0.3) is 0 Å². The molecule has 1 aliphatic rings. The van der Waals surface area contributed by atoms with E-state index in [9.17, 15) is 0 Å². The van der Waals surface area contributed by atoms with Gasteiger partial charge in [-0.2, -0.15) is 0 Å². The molecule has 0 aromatic rings. The predicted octanol–water partition coefficient (Wildman–Crippen LogP) is 5.17. The molecule has 0 nitrogen and oxygen atoms in total. The lowest BCUT2D eigenvalue weighted by atomic mass is 9.69. The van der Waals surface area contributed by atoms with Gasteiger partial charge in [0, 0.05) is 0 Å². The lowest BCUT2D eigenvalue weighted by Gasteiger charge is -2.37. The van der Waals surface area contributed by atoms with E-state index < -0.39 is 0 Å². The van der Waals surface area contributed by atoms with Crippen LogP contribution in [0.1, 0.15) is 78.1 Å². The Balaban J connectivity index is 1.97. The molecule has 2 atom stereocenters.